The van der Waals surface area contributed by atoms with Crippen molar-refractivity contribution in [3.63, 3.8) is 0 Å². The summed E-state index contributed by atoms with van der Waals surface area (Å²) in [5.41, 5.74) is 4.29. The molecule has 0 aliphatic carbocycles. The number of carbonyl (C=O) groups is 1. The number of pyridine rings is 1. The number of aromatic nitrogens is 3. The van der Waals surface area contributed by atoms with Gasteiger partial charge in [0, 0.05) is 30.4 Å². The first-order valence-electron chi connectivity index (χ1n) is 10.4. The van der Waals surface area contributed by atoms with Crippen LogP contribution in [-0.2, 0) is 0 Å². The maximum atomic E-state index is 12.8. The number of imidazole rings is 1. The van der Waals surface area contributed by atoms with E-state index in [0.29, 0.717) is 29.4 Å². The second kappa shape index (κ2) is 8.19. The topological polar surface area (TPSA) is 91.3 Å². The molecule has 0 atom stereocenters. The van der Waals surface area contributed by atoms with E-state index in [2.05, 4.69) is 21.0 Å². The number of fused-ring (bicyclic) bond motifs is 1. The zero-order chi connectivity index (χ0) is 22.1. The van der Waals surface area contributed by atoms with Gasteiger partial charge in [-0.2, -0.15) is 0 Å². The van der Waals surface area contributed by atoms with Gasteiger partial charge in [0.1, 0.15) is 11.6 Å². The van der Waals surface area contributed by atoms with E-state index in [1.807, 2.05) is 47.4 Å². The smallest absolute Gasteiger partial charge is 0.254 e. The van der Waals surface area contributed by atoms with Crippen molar-refractivity contribution < 1.29 is 14.6 Å². The number of aromatic amines is 1. The second-order valence-electron chi connectivity index (χ2n) is 7.62. The summed E-state index contributed by atoms with van der Waals surface area (Å²) in [6.45, 7) is 1.35. The monoisotopic (exact) mass is 426 g/mol. The standard InChI is InChI=1S/C25H22N4O3/c1-32-24-18(6-5-11-26-24)16-8-10-22(30)19(14-16)23-27-20-9-7-17(15-21(20)28-23)25(31)29-12-3-2-4-13-29/h2-3,5-11,14-15,30H,4,12-13H2,1H3,(H,27,28). The zero-order valence-corrected chi connectivity index (χ0v) is 17.6. The highest BCUT2D eigenvalue weighted by Gasteiger charge is 2.18. The molecule has 0 fully saturated rings. The van der Waals surface area contributed by atoms with Crippen LogP contribution in [0.15, 0.2) is 66.9 Å². The van der Waals surface area contributed by atoms with E-state index in [-0.39, 0.29) is 11.7 Å². The Labute approximate surface area is 185 Å². The first kappa shape index (κ1) is 19.8. The SMILES string of the molecule is COc1ncccc1-c1ccc(O)c(-c2nc3ccc(C(=O)N4CC=CCC4)cc3[nH]2)c1. The third kappa shape index (κ3) is 3.58. The third-order valence-corrected chi connectivity index (χ3v) is 5.60. The molecule has 7 heteroatoms. The number of H-pyrrole nitrogens is 1. The van der Waals surface area contributed by atoms with Gasteiger partial charge in [-0.05, 0) is 54.4 Å². The lowest BCUT2D eigenvalue weighted by Crippen LogP contribution is -2.33. The van der Waals surface area contributed by atoms with Gasteiger partial charge in [0.15, 0.2) is 0 Å². The molecule has 32 heavy (non-hydrogen) atoms. The Morgan fingerprint density at radius 3 is 2.84 bits per heavy atom. The van der Waals surface area contributed by atoms with Crippen LogP contribution in [0.4, 0.5) is 0 Å². The van der Waals surface area contributed by atoms with E-state index >= 15 is 0 Å². The van der Waals surface area contributed by atoms with Gasteiger partial charge >= 0.3 is 0 Å². The van der Waals surface area contributed by atoms with Crippen molar-refractivity contribution >= 4 is 16.9 Å². The fraction of sp³-hybridized carbons (Fsp3) is 0.160. The molecule has 1 aliphatic rings. The molecule has 2 N–H and O–H groups in total. The van der Waals surface area contributed by atoms with Crippen LogP contribution in [0.3, 0.4) is 0 Å². The molecule has 0 bridgehead atoms. The van der Waals surface area contributed by atoms with Crippen molar-refractivity contribution in [2.75, 3.05) is 20.2 Å². The number of phenols is 1. The Morgan fingerprint density at radius 2 is 2.03 bits per heavy atom. The molecular formula is C25H22N4O3. The number of rotatable bonds is 4. The maximum absolute atomic E-state index is 12.8. The second-order valence-corrected chi connectivity index (χ2v) is 7.62. The number of hydrogen-bond acceptors (Lipinski definition) is 5. The minimum Gasteiger partial charge on any atom is -0.507 e. The summed E-state index contributed by atoms with van der Waals surface area (Å²) in [5.74, 6) is 1.13. The van der Waals surface area contributed by atoms with E-state index in [9.17, 15) is 9.90 Å². The molecule has 0 spiro atoms. The number of ether oxygens (including phenoxy) is 1. The number of amides is 1. The van der Waals surface area contributed by atoms with E-state index in [4.69, 9.17) is 4.74 Å². The Hall–Kier alpha value is -4.13. The summed E-state index contributed by atoms with van der Waals surface area (Å²) in [4.78, 5) is 26.8. The number of methoxy groups -OCH3 is 1. The number of phenolic OH excluding ortho intramolecular Hbond substituents is 1. The van der Waals surface area contributed by atoms with Crippen LogP contribution in [0.5, 0.6) is 11.6 Å². The lowest BCUT2D eigenvalue weighted by atomic mass is 10.0. The Bertz CT molecular complexity index is 1340. The number of nitrogens with one attached hydrogen (secondary N) is 1. The average Bonchev–Trinajstić information content (AvgIpc) is 3.27. The molecule has 4 aromatic rings. The zero-order valence-electron chi connectivity index (χ0n) is 17.6. The quantitative estimate of drug-likeness (QED) is 0.472. The molecule has 160 valence electrons. The average molecular weight is 426 g/mol. The summed E-state index contributed by atoms with van der Waals surface area (Å²) < 4.78 is 5.37. The van der Waals surface area contributed by atoms with Crippen LogP contribution in [0.25, 0.3) is 33.5 Å². The molecule has 3 heterocycles. The van der Waals surface area contributed by atoms with Crippen LogP contribution in [0.2, 0.25) is 0 Å². The molecule has 2 aromatic carbocycles. The number of carbonyl (C=O) groups excluding carboxylic acids is 1. The van der Waals surface area contributed by atoms with Crippen molar-refractivity contribution in [3.8, 4) is 34.1 Å². The number of nitrogens with zero attached hydrogens (tertiary/aromatic N) is 3. The van der Waals surface area contributed by atoms with E-state index in [0.717, 1.165) is 35.1 Å². The summed E-state index contributed by atoms with van der Waals surface area (Å²) in [6.07, 6.45) is 6.65. The van der Waals surface area contributed by atoms with Gasteiger partial charge in [-0.25, -0.2) is 9.97 Å². The Balaban J connectivity index is 1.52. The van der Waals surface area contributed by atoms with E-state index in [1.165, 1.54) is 0 Å². The van der Waals surface area contributed by atoms with Crippen LogP contribution >= 0.6 is 0 Å². The van der Waals surface area contributed by atoms with Gasteiger partial charge in [0.25, 0.3) is 5.91 Å². The van der Waals surface area contributed by atoms with Crippen molar-refractivity contribution in [2.45, 2.75) is 6.42 Å². The summed E-state index contributed by atoms with van der Waals surface area (Å²) in [6, 6.07) is 14.5. The molecule has 0 saturated carbocycles. The molecular weight excluding hydrogens is 404 g/mol. The fourth-order valence-electron chi connectivity index (χ4n) is 3.94. The van der Waals surface area contributed by atoms with Gasteiger partial charge in [0.05, 0.1) is 23.7 Å². The molecule has 1 amide bonds. The van der Waals surface area contributed by atoms with Gasteiger partial charge in [0.2, 0.25) is 5.88 Å². The van der Waals surface area contributed by atoms with Crippen molar-refractivity contribution in [3.05, 3.63) is 72.4 Å². The van der Waals surface area contributed by atoms with E-state index < -0.39 is 0 Å². The molecule has 0 saturated heterocycles. The van der Waals surface area contributed by atoms with E-state index in [1.54, 1.807) is 25.4 Å². The fourth-order valence-corrected chi connectivity index (χ4v) is 3.94. The molecule has 1 aliphatic heterocycles. The van der Waals surface area contributed by atoms with Crippen LogP contribution in [0.1, 0.15) is 16.8 Å². The Morgan fingerprint density at radius 1 is 1.12 bits per heavy atom. The van der Waals surface area contributed by atoms with Crippen LogP contribution in [0, 0.1) is 0 Å². The first-order chi connectivity index (χ1) is 15.6. The van der Waals surface area contributed by atoms with Crippen LogP contribution in [-0.4, -0.2) is 51.1 Å². The van der Waals surface area contributed by atoms with Gasteiger partial charge in [-0.15, -0.1) is 0 Å². The van der Waals surface area contributed by atoms with Crippen molar-refractivity contribution in [2.24, 2.45) is 0 Å². The number of aromatic hydroxyl groups is 1. The highest BCUT2D eigenvalue weighted by molar-refractivity contribution is 5.98. The Kier molecular flexibility index (Phi) is 5.07. The molecule has 5 rings (SSSR count). The first-order valence-corrected chi connectivity index (χ1v) is 10.4. The predicted molar refractivity (Wildman–Crippen MR) is 123 cm³/mol. The summed E-state index contributed by atoms with van der Waals surface area (Å²) >= 11 is 0. The highest BCUT2D eigenvalue weighted by Crippen LogP contribution is 2.35. The van der Waals surface area contributed by atoms with Gasteiger partial charge in [-0.1, -0.05) is 18.2 Å². The largest absolute Gasteiger partial charge is 0.507 e. The minimum atomic E-state index is 0.000849. The minimum absolute atomic E-state index is 0.000849. The van der Waals surface area contributed by atoms with Crippen molar-refractivity contribution in [1.82, 2.24) is 19.9 Å². The third-order valence-electron chi connectivity index (χ3n) is 5.60. The van der Waals surface area contributed by atoms with Gasteiger partial charge < -0.3 is 19.7 Å². The lowest BCUT2D eigenvalue weighted by molar-refractivity contribution is 0.0771. The number of benzene rings is 2. The predicted octanol–water partition coefficient (Wildman–Crippen LogP) is 4.41. The molecule has 0 radical (unpaired) electrons. The van der Waals surface area contributed by atoms with Crippen molar-refractivity contribution in [1.29, 1.82) is 0 Å². The summed E-state index contributed by atoms with van der Waals surface area (Å²) in [7, 11) is 1.57. The molecule has 2 aromatic heterocycles. The van der Waals surface area contributed by atoms with Crippen LogP contribution < -0.4 is 4.74 Å². The highest BCUT2D eigenvalue weighted by atomic mass is 16.5. The molecule has 7 nitrogen and oxygen atoms in total. The maximum Gasteiger partial charge on any atom is 0.254 e. The van der Waals surface area contributed by atoms with Gasteiger partial charge in [-0.3, -0.25) is 4.79 Å². The lowest BCUT2D eigenvalue weighted by Gasteiger charge is -2.23. The normalized spacial score (nSPS) is 13.5. The number of hydrogen-bond donors (Lipinski definition) is 2. The molecule has 0 unspecified atom stereocenters. The summed E-state index contributed by atoms with van der Waals surface area (Å²) in [5, 5.41) is 10.5.